The van der Waals surface area contributed by atoms with Crippen molar-refractivity contribution in [3.05, 3.63) is 29.0 Å². The lowest BCUT2D eigenvalue weighted by Gasteiger charge is -2.09. The standard InChI is InChI=1S/C9H8ClFN2O2S/c1-6(5-12)16(14,15)13-7-2-3-9(11)8(10)4-7/h2-4,6,13H,1H3. The highest BCUT2D eigenvalue weighted by Crippen LogP contribution is 2.20. The molecule has 0 saturated carbocycles. The van der Waals surface area contributed by atoms with Crippen LogP contribution in [0.15, 0.2) is 18.2 Å². The smallest absolute Gasteiger partial charge is 0.248 e. The minimum absolute atomic E-state index is 0.119. The first-order valence-corrected chi connectivity index (χ1v) is 6.15. The SMILES string of the molecule is CC(C#N)S(=O)(=O)Nc1ccc(F)c(Cl)c1. The number of benzene rings is 1. The first kappa shape index (κ1) is 12.7. The van der Waals surface area contributed by atoms with Gasteiger partial charge < -0.3 is 0 Å². The molecule has 0 saturated heterocycles. The van der Waals surface area contributed by atoms with Gasteiger partial charge in [0.05, 0.1) is 16.8 Å². The summed E-state index contributed by atoms with van der Waals surface area (Å²) in [5.74, 6) is -0.641. The van der Waals surface area contributed by atoms with Crippen molar-refractivity contribution >= 4 is 27.3 Å². The molecule has 0 fully saturated rings. The lowest BCUT2D eigenvalue weighted by Crippen LogP contribution is -2.23. The van der Waals surface area contributed by atoms with Crippen molar-refractivity contribution in [2.24, 2.45) is 0 Å². The highest BCUT2D eigenvalue weighted by atomic mass is 35.5. The molecular weight excluding hydrogens is 255 g/mol. The van der Waals surface area contributed by atoms with E-state index < -0.39 is 21.1 Å². The van der Waals surface area contributed by atoms with E-state index in [1.54, 1.807) is 6.07 Å². The third kappa shape index (κ3) is 2.84. The molecule has 0 bridgehead atoms. The monoisotopic (exact) mass is 262 g/mol. The van der Waals surface area contributed by atoms with Crippen LogP contribution in [0.3, 0.4) is 0 Å². The van der Waals surface area contributed by atoms with Crippen molar-refractivity contribution in [1.82, 2.24) is 0 Å². The van der Waals surface area contributed by atoms with Gasteiger partial charge in [0.2, 0.25) is 10.0 Å². The third-order valence-corrected chi connectivity index (χ3v) is 3.67. The number of nitrogens with zero attached hydrogens (tertiary/aromatic N) is 1. The highest BCUT2D eigenvalue weighted by Gasteiger charge is 2.20. The molecule has 0 aromatic heterocycles. The van der Waals surface area contributed by atoms with Crippen molar-refractivity contribution < 1.29 is 12.8 Å². The number of sulfonamides is 1. The quantitative estimate of drug-likeness (QED) is 0.907. The Morgan fingerprint density at radius 2 is 2.19 bits per heavy atom. The Labute approximate surface area is 97.7 Å². The van der Waals surface area contributed by atoms with Gasteiger partial charge in [-0.1, -0.05) is 11.6 Å². The molecule has 0 heterocycles. The topological polar surface area (TPSA) is 70.0 Å². The second kappa shape index (κ2) is 4.68. The zero-order valence-corrected chi connectivity index (χ0v) is 9.81. The Bertz CT molecular complexity index is 539. The first-order chi connectivity index (χ1) is 7.36. The number of hydrogen-bond acceptors (Lipinski definition) is 3. The molecule has 16 heavy (non-hydrogen) atoms. The maximum Gasteiger partial charge on any atom is 0.248 e. The molecule has 1 unspecified atom stereocenters. The predicted molar refractivity (Wildman–Crippen MR) is 59.0 cm³/mol. The fraction of sp³-hybridized carbons (Fsp3) is 0.222. The van der Waals surface area contributed by atoms with Crippen LogP contribution in [-0.2, 0) is 10.0 Å². The molecule has 0 amide bonds. The maximum absolute atomic E-state index is 12.8. The second-order valence-electron chi connectivity index (χ2n) is 3.05. The Hall–Kier alpha value is -1.32. The molecule has 4 nitrogen and oxygen atoms in total. The number of anilines is 1. The van der Waals surface area contributed by atoms with Gasteiger partial charge in [0.25, 0.3) is 0 Å². The Morgan fingerprint density at radius 3 is 2.69 bits per heavy atom. The van der Waals surface area contributed by atoms with Crippen LogP contribution in [0.2, 0.25) is 5.02 Å². The molecule has 1 aromatic rings. The van der Waals surface area contributed by atoms with Crippen molar-refractivity contribution in [2.75, 3.05) is 4.72 Å². The van der Waals surface area contributed by atoms with Gasteiger partial charge in [-0.15, -0.1) is 0 Å². The van der Waals surface area contributed by atoms with Gasteiger partial charge in [-0.25, -0.2) is 12.8 Å². The van der Waals surface area contributed by atoms with Crippen LogP contribution >= 0.6 is 11.6 Å². The summed E-state index contributed by atoms with van der Waals surface area (Å²) in [5.41, 5.74) is 0.119. The number of rotatable bonds is 3. The van der Waals surface area contributed by atoms with E-state index in [2.05, 4.69) is 4.72 Å². The van der Waals surface area contributed by atoms with Gasteiger partial charge in [-0.05, 0) is 25.1 Å². The van der Waals surface area contributed by atoms with Crippen LogP contribution in [0.1, 0.15) is 6.92 Å². The van der Waals surface area contributed by atoms with Gasteiger partial charge in [-0.2, -0.15) is 5.26 Å². The van der Waals surface area contributed by atoms with Crippen LogP contribution in [0.4, 0.5) is 10.1 Å². The number of nitriles is 1. The van der Waals surface area contributed by atoms with Crippen LogP contribution < -0.4 is 4.72 Å². The Balaban J connectivity index is 2.98. The molecule has 86 valence electrons. The summed E-state index contributed by atoms with van der Waals surface area (Å²) in [6.45, 7) is 1.24. The normalized spacial score (nSPS) is 12.9. The summed E-state index contributed by atoms with van der Waals surface area (Å²) >= 11 is 5.48. The van der Waals surface area contributed by atoms with Crippen molar-refractivity contribution in [1.29, 1.82) is 5.26 Å². The minimum atomic E-state index is -3.79. The lowest BCUT2D eigenvalue weighted by atomic mass is 10.3. The molecule has 0 aliphatic rings. The van der Waals surface area contributed by atoms with Gasteiger partial charge in [0, 0.05) is 0 Å². The Morgan fingerprint density at radius 1 is 1.56 bits per heavy atom. The summed E-state index contributed by atoms with van der Waals surface area (Å²) in [7, 11) is -3.79. The molecule has 1 aromatic carbocycles. The molecule has 0 aliphatic carbocycles. The van der Waals surface area contributed by atoms with E-state index in [4.69, 9.17) is 16.9 Å². The molecule has 1 rings (SSSR count). The van der Waals surface area contributed by atoms with Gasteiger partial charge in [-0.3, -0.25) is 4.72 Å². The van der Waals surface area contributed by atoms with Crippen LogP contribution in [0.5, 0.6) is 0 Å². The van der Waals surface area contributed by atoms with E-state index in [9.17, 15) is 12.8 Å². The van der Waals surface area contributed by atoms with E-state index in [0.29, 0.717) is 0 Å². The van der Waals surface area contributed by atoms with E-state index >= 15 is 0 Å². The van der Waals surface area contributed by atoms with E-state index in [1.165, 1.54) is 13.0 Å². The van der Waals surface area contributed by atoms with Crippen molar-refractivity contribution in [3.8, 4) is 6.07 Å². The van der Waals surface area contributed by atoms with E-state index in [0.717, 1.165) is 12.1 Å². The van der Waals surface area contributed by atoms with Crippen molar-refractivity contribution in [2.45, 2.75) is 12.2 Å². The molecule has 7 heteroatoms. The van der Waals surface area contributed by atoms with Gasteiger partial charge in [0.1, 0.15) is 5.82 Å². The minimum Gasteiger partial charge on any atom is -0.282 e. The van der Waals surface area contributed by atoms with E-state index in [-0.39, 0.29) is 10.7 Å². The fourth-order valence-electron chi connectivity index (χ4n) is 0.882. The second-order valence-corrected chi connectivity index (χ2v) is 5.46. The van der Waals surface area contributed by atoms with Crippen LogP contribution in [0, 0.1) is 17.1 Å². The summed E-state index contributed by atoms with van der Waals surface area (Å²) in [6.07, 6.45) is 0. The van der Waals surface area contributed by atoms with Gasteiger partial charge in [0.15, 0.2) is 5.25 Å². The molecule has 0 aliphatic heterocycles. The number of hydrogen-bond donors (Lipinski definition) is 1. The molecule has 0 radical (unpaired) electrons. The van der Waals surface area contributed by atoms with Crippen LogP contribution in [-0.4, -0.2) is 13.7 Å². The summed E-state index contributed by atoms with van der Waals surface area (Å²) in [4.78, 5) is 0. The fourth-order valence-corrected chi connectivity index (χ4v) is 1.83. The molecular formula is C9H8ClFN2O2S. The molecule has 1 N–H and O–H groups in total. The average Bonchev–Trinajstić information content (AvgIpc) is 2.22. The van der Waals surface area contributed by atoms with Gasteiger partial charge >= 0.3 is 0 Å². The highest BCUT2D eigenvalue weighted by molar-refractivity contribution is 7.93. The summed E-state index contributed by atoms with van der Waals surface area (Å²) in [6, 6.07) is 5.00. The summed E-state index contributed by atoms with van der Waals surface area (Å²) in [5, 5.41) is 7.10. The van der Waals surface area contributed by atoms with E-state index in [1.807, 2.05) is 0 Å². The molecule has 0 spiro atoms. The first-order valence-electron chi connectivity index (χ1n) is 4.23. The summed E-state index contributed by atoms with van der Waals surface area (Å²) < 4.78 is 37.8. The average molecular weight is 263 g/mol. The third-order valence-electron chi connectivity index (χ3n) is 1.83. The lowest BCUT2D eigenvalue weighted by molar-refractivity contribution is 0.597. The largest absolute Gasteiger partial charge is 0.282 e. The Kier molecular flexibility index (Phi) is 3.73. The zero-order chi connectivity index (χ0) is 12.3. The number of halogens is 2. The predicted octanol–water partition coefficient (Wildman–Crippen LogP) is 2.13. The number of nitrogens with one attached hydrogen (secondary N) is 1. The van der Waals surface area contributed by atoms with Crippen molar-refractivity contribution in [3.63, 3.8) is 0 Å². The zero-order valence-electron chi connectivity index (χ0n) is 8.24. The van der Waals surface area contributed by atoms with Crippen LogP contribution in [0.25, 0.3) is 0 Å². The maximum atomic E-state index is 12.8. The molecule has 1 atom stereocenters.